The van der Waals surface area contributed by atoms with Crippen molar-refractivity contribution in [3.8, 4) is 0 Å². The summed E-state index contributed by atoms with van der Waals surface area (Å²) in [6.45, 7) is 1.96. The van der Waals surface area contributed by atoms with Crippen LogP contribution in [0.5, 0.6) is 0 Å². The number of sulfonamides is 1. The minimum Gasteiger partial charge on any atom is -0.467 e. The third-order valence-electron chi connectivity index (χ3n) is 2.90. The number of hydrogen-bond donors (Lipinski definition) is 1. The van der Waals surface area contributed by atoms with E-state index in [-0.39, 0.29) is 11.4 Å². The third-order valence-corrected chi connectivity index (χ3v) is 4.32. The quantitative estimate of drug-likeness (QED) is 0.887. The van der Waals surface area contributed by atoms with Gasteiger partial charge in [0.15, 0.2) is 0 Å². The molecule has 0 fully saturated rings. The van der Waals surface area contributed by atoms with Crippen molar-refractivity contribution in [3.63, 3.8) is 0 Å². The molecule has 0 radical (unpaired) electrons. The monoisotopic (exact) mass is 295 g/mol. The summed E-state index contributed by atoms with van der Waals surface area (Å²) in [5.41, 5.74) is 0.891. The van der Waals surface area contributed by atoms with Crippen molar-refractivity contribution in [2.75, 3.05) is 13.7 Å². The zero-order valence-corrected chi connectivity index (χ0v) is 12.2. The Bertz CT molecular complexity index is 650. The highest BCUT2D eigenvalue weighted by Crippen LogP contribution is 2.17. The second-order valence-electron chi connectivity index (χ2n) is 4.41. The molecule has 0 aliphatic heterocycles. The SMILES string of the molecule is COC(CNS(=O)(=O)c1cccc(C)c1)c1ccco1. The van der Waals surface area contributed by atoms with Gasteiger partial charge in [-0.1, -0.05) is 12.1 Å². The van der Waals surface area contributed by atoms with Gasteiger partial charge in [0.2, 0.25) is 10.0 Å². The first-order valence-electron chi connectivity index (χ1n) is 6.15. The molecule has 1 unspecified atom stereocenters. The molecule has 0 aliphatic carbocycles. The summed E-state index contributed by atoms with van der Waals surface area (Å²) in [5, 5.41) is 0. The van der Waals surface area contributed by atoms with E-state index in [0.29, 0.717) is 5.76 Å². The largest absolute Gasteiger partial charge is 0.467 e. The van der Waals surface area contributed by atoms with Gasteiger partial charge in [-0.15, -0.1) is 0 Å². The first-order valence-corrected chi connectivity index (χ1v) is 7.64. The van der Waals surface area contributed by atoms with E-state index < -0.39 is 16.1 Å². The van der Waals surface area contributed by atoms with E-state index in [9.17, 15) is 8.42 Å². The van der Waals surface area contributed by atoms with Crippen LogP contribution in [0.15, 0.2) is 52.0 Å². The van der Waals surface area contributed by atoms with E-state index in [4.69, 9.17) is 9.15 Å². The zero-order chi connectivity index (χ0) is 14.6. The predicted octanol–water partition coefficient (Wildman–Crippen LogP) is 2.25. The number of methoxy groups -OCH3 is 1. The molecule has 6 heteroatoms. The first kappa shape index (κ1) is 14.8. The van der Waals surface area contributed by atoms with Crippen molar-refractivity contribution in [3.05, 3.63) is 54.0 Å². The molecule has 0 bridgehead atoms. The van der Waals surface area contributed by atoms with E-state index in [0.717, 1.165) is 5.56 Å². The summed E-state index contributed by atoms with van der Waals surface area (Å²) in [5.74, 6) is 0.583. The zero-order valence-electron chi connectivity index (χ0n) is 11.4. The Labute approximate surface area is 118 Å². The smallest absolute Gasteiger partial charge is 0.240 e. The van der Waals surface area contributed by atoms with Crippen LogP contribution in [0.2, 0.25) is 0 Å². The highest BCUT2D eigenvalue weighted by atomic mass is 32.2. The Balaban J connectivity index is 2.09. The average Bonchev–Trinajstić information content (AvgIpc) is 2.93. The van der Waals surface area contributed by atoms with Crippen molar-refractivity contribution >= 4 is 10.0 Å². The fourth-order valence-electron chi connectivity index (χ4n) is 1.83. The van der Waals surface area contributed by atoms with Gasteiger partial charge in [-0.2, -0.15) is 0 Å². The minimum absolute atomic E-state index is 0.111. The summed E-state index contributed by atoms with van der Waals surface area (Å²) in [7, 11) is -2.04. The lowest BCUT2D eigenvalue weighted by Crippen LogP contribution is -2.29. The Morgan fingerprint density at radius 3 is 2.70 bits per heavy atom. The molecular weight excluding hydrogens is 278 g/mol. The molecule has 0 amide bonds. The van der Waals surface area contributed by atoms with Crippen LogP contribution in [-0.2, 0) is 14.8 Å². The Kier molecular flexibility index (Phi) is 4.59. The molecule has 0 spiro atoms. The normalized spacial score (nSPS) is 13.3. The number of aryl methyl sites for hydroxylation is 1. The van der Waals surface area contributed by atoms with Crippen LogP contribution in [0, 0.1) is 6.92 Å². The maximum Gasteiger partial charge on any atom is 0.240 e. The number of furan rings is 1. The van der Waals surface area contributed by atoms with Gasteiger partial charge in [-0.05, 0) is 36.8 Å². The van der Waals surface area contributed by atoms with Crippen molar-refractivity contribution in [2.45, 2.75) is 17.9 Å². The molecular formula is C14H17NO4S. The molecule has 1 atom stereocenters. The van der Waals surface area contributed by atoms with Gasteiger partial charge in [0.25, 0.3) is 0 Å². The van der Waals surface area contributed by atoms with Crippen LogP contribution >= 0.6 is 0 Å². The molecule has 0 saturated heterocycles. The van der Waals surface area contributed by atoms with E-state index in [1.54, 1.807) is 30.3 Å². The number of ether oxygens (including phenoxy) is 1. The second kappa shape index (κ2) is 6.21. The number of rotatable bonds is 6. The van der Waals surface area contributed by atoms with Gasteiger partial charge in [0, 0.05) is 13.7 Å². The van der Waals surface area contributed by atoms with Crippen molar-refractivity contribution < 1.29 is 17.6 Å². The number of nitrogens with one attached hydrogen (secondary N) is 1. The Morgan fingerprint density at radius 2 is 2.10 bits per heavy atom. The van der Waals surface area contributed by atoms with Gasteiger partial charge in [-0.3, -0.25) is 0 Å². The van der Waals surface area contributed by atoms with E-state index in [1.807, 2.05) is 13.0 Å². The lowest BCUT2D eigenvalue weighted by molar-refractivity contribution is 0.0878. The minimum atomic E-state index is -3.55. The van der Waals surface area contributed by atoms with Crippen LogP contribution in [0.3, 0.4) is 0 Å². The molecule has 5 nitrogen and oxygen atoms in total. The van der Waals surface area contributed by atoms with Gasteiger partial charge in [-0.25, -0.2) is 13.1 Å². The Hall–Kier alpha value is -1.63. The molecule has 0 aliphatic rings. The third kappa shape index (κ3) is 3.47. The molecule has 1 heterocycles. The molecule has 1 aromatic carbocycles. The average molecular weight is 295 g/mol. The molecule has 20 heavy (non-hydrogen) atoms. The lowest BCUT2D eigenvalue weighted by atomic mass is 10.2. The molecule has 2 rings (SSSR count). The first-order chi connectivity index (χ1) is 9.53. The number of benzene rings is 1. The predicted molar refractivity (Wildman–Crippen MR) is 74.8 cm³/mol. The van der Waals surface area contributed by atoms with Crippen LogP contribution in [0.25, 0.3) is 0 Å². The van der Waals surface area contributed by atoms with Crippen LogP contribution < -0.4 is 4.72 Å². The van der Waals surface area contributed by atoms with E-state index in [1.165, 1.54) is 13.4 Å². The van der Waals surface area contributed by atoms with Crippen molar-refractivity contribution in [1.82, 2.24) is 4.72 Å². The van der Waals surface area contributed by atoms with Gasteiger partial charge < -0.3 is 9.15 Å². The summed E-state index contributed by atoms with van der Waals surface area (Å²) < 4.78 is 37.3. The summed E-state index contributed by atoms with van der Waals surface area (Å²) in [4.78, 5) is 0.242. The van der Waals surface area contributed by atoms with E-state index >= 15 is 0 Å². The molecule has 1 N–H and O–H groups in total. The maximum atomic E-state index is 12.2. The topological polar surface area (TPSA) is 68.5 Å². The summed E-state index contributed by atoms with van der Waals surface area (Å²) in [6, 6.07) is 10.2. The summed E-state index contributed by atoms with van der Waals surface area (Å²) in [6.07, 6.45) is 1.07. The number of hydrogen-bond acceptors (Lipinski definition) is 4. The molecule has 1 aromatic heterocycles. The maximum absolute atomic E-state index is 12.2. The molecule has 0 saturated carbocycles. The van der Waals surface area contributed by atoms with Crippen molar-refractivity contribution in [1.29, 1.82) is 0 Å². The van der Waals surface area contributed by atoms with Crippen molar-refractivity contribution in [2.24, 2.45) is 0 Å². The Morgan fingerprint density at radius 1 is 1.30 bits per heavy atom. The highest BCUT2D eigenvalue weighted by molar-refractivity contribution is 7.89. The lowest BCUT2D eigenvalue weighted by Gasteiger charge is -2.14. The standard InChI is InChI=1S/C14H17NO4S/c1-11-5-3-6-12(9-11)20(16,17)15-10-14(18-2)13-7-4-8-19-13/h3-9,14-15H,10H2,1-2H3. The fraction of sp³-hybridized carbons (Fsp3) is 0.286. The van der Waals surface area contributed by atoms with Crippen LogP contribution in [0.4, 0.5) is 0 Å². The molecule has 108 valence electrons. The second-order valence-corrected chi connectivity index (χ2v) is 6.18. The fourth-order valence-corrected chi connectivity index (χ4v) is 2.96. The van der Waals surface area contributed by atoms with Gasteiger partial charge in [0.1, 0.15) is 11.9 Å². The molecule has 2 aromatic rings. The van der Waals surface area contributed by atoms with Gasteiger partial charge in [0.05, 0.1) is 11.2 Å². The van der Waals surface area contributed by atoms with Gasteiger partial charge >= 0.3 is 0 Å². The van der Waals surface area contributed by atoms with E-state index in [2.05, 4.69) is 4.72 Å². The van der Waals surface area contributed by atoms with Crippen LogP contribution in [0.1, 0.15) is 17.4 Å². The summed E-state index contributed by atoms with van der Waals surface area (Å²) >= 11 is 0. The van der Waals surface area contributed by atoms with Crippen LogP contribution in [-0.4, -0.2) is 22.1 Å². The highest BCUT2D eigenvalue weighted by Gasteiger charge is 2.19.